The third-order valence-corrected chi connectivity index (χ3v) is 3.71. The Morgan fingerprint density at radius 1 is 1.22 bits per heavy atom. The molecule has 0 spiro atoms. The fourth-order valence-electron chi connectivity index (χ4n) is 2.41. The summed E-state index contributed by atoms with van der Waals surface area (Å²) in [6, 6.07) is 9.67. The Morgan fingerprint density at radius 3 is 2.50 bits per heavy atom. The highest BCUT2D eigenvalue weighted by Crippen LogP contribution is 2.22. The molecule has 0 saturated carbocycles. The van der Waals surface area contributed by atoms with Gasteiger partial charge in [-0.3, -0.25) is 0 Å². The molecule has 1 aliphatic heterocycles. The number of hydrogen-bond donors (Lipinski definition) is 2. The van der Waals surface area contributed by atoms with Crippen LogP contribution in [-0.2, 0) is 12.0 Å². The van der Waals surface area contributed by atoms with E-state index < -0.39 is 0 Å². The molecule has 1 heterocycles. The zero-order valence-electron chi connectivity index (χ0n) is 11.9. The summed E-state index contributed by atoms with van der Waals surface area (Å²) >= 11 is 0. The number of nitrogens with one attached hydrogen (secondary N) is 2. The first kappa shape index (κ1) is 13.6. The van der Waals surface area contributed by atoms with Crippen LogP contribution in [0.1, 0.15) is 44.7 Å². The fourth-order valence-corrected chi connectivity index (χ4v) is 2.41. The van der Waals surface area contributed by atoms with Crippen molar-refractivity contribution >= 4 is 0 Å². The maximum Gasteiger partial charge on any atom is 0.0208 e. The third kappa shape index (κ3) is 3.82. The highest BCUT2D eigenvalue weighted by Gasteiger charge is 2.14. The van der Waals surface area contributed by atoms with Crippen LogP contribution in [0.3, 0.4) is 0 Å². The second kappa shape index (κ2) is 5.85. The molecule has 0 aliphatic carbocycles. The molecule has 2 nitrogen and oxygen atoms in total. The molecule has 100 valence electrons. The average Bonchev–Trinajstić information content (AvgIpc) is 2.37. The van der Waals surface area contributed by atoms with Gasteiger partial charge in [0, 0.05) is 19.1 Å². The highest BCUT2D eigenvalue weighted by atomic mass is 15.0. The van der Waals surface area contributed by atoms with Crippen molar-refractivity contribution < 1.29 is 0 Å². The van der Waals surface area contributed by atoms with Crippen LogP contribution in [0.15, 0.2) is 24.3 Å². The Labute approximate surface area is 111 Å². The van der Waals surface area contributed by atoms with Gasteiger partial charge in [-0.1, -0.05) is 45.0 Å². The van der Waals surface area contributed by atoms with Crippen molar-refractivity contribution in [3.8, 4) is 0 Å². The molecule has 2 N–H and O–H groups in total. The Bertz CT molecular complexity index is 356. The molecule has 1 fully saturated rings. The largest absolute Gasteiger partial charge is 0.315 e. The molecule has 18 heavy (non-hydrogen) atoms. The second-order valence-electron chi connectivity index (χ2n) is 6.37. The highest BCUT2D eigenvalue weighted by molar-refractivity contribution is 5.27. The molecule has 0 amide bonds. The van der Waals surface area contributed by atoms with Crippen molar-refractivity contribution in [2.45, 2.75) is 51.6 Å². The van der Waals surface area contributed by atoms with E-state index in [9.17, 15) is 0 Å². The first-order valence-corrected chi connectivity index (χ1v) is 7.09. The zero-order valence-corrected chi connectivity index (χ0v) is 11.9. The predicted octanol–water partition coefficient (Wildman–Crippen LogP) is 2.83. The zero-order chi connectivity index (χ0) is 13.0. The summed E-state index contributed by atoms with van der Waals surface area (Å²) in [5.74, 6) is 0. The van der Waals surface area contributed by atoms with Crippen LogP contribution >= 0.6 is 0 Å². The lowest BCUT2D eigenvalue weighted by molar-refractivity contribution is 0.389. The molecule has 0 bridgehead atoms. The van der Waals surface area contributed by atoms with E-state index in [-0.39, 0.29) is 5.41 Å². The smallest absolute Gasteiger partial charge is 0.0208 e. The van der Waals surface area contributed by atoms with Crippen molar-refractivity contribution in [3.63, 3.8) is 0 Å². The van der Waals surface area contributed by atoms with Gasteiger partial charge in [-0.25, -0.2) is 0 Å². The summed E-state index contributed by atoms with van der Waals surface area (Å²) in [6.45, 7) is 10.0. The maximum absolute atomic E-state index is 3.63. The summed E-state index contributed by atoms with van der Waals surface area (Å²) in [7, 11) is 0. The van der Waals surface area contributed by atoms with Crippen LogP contribution in [0.5, 0.6) is 0 Å². The van der Waals surface area contributed by atoms with Crippen molar-refractivity contribution in [2.75, 3.05) is 13.1 Å². The lowest BCUT2D eigenvalue weighted by Crippen LogP contribution is -2.42. The van der Waals surface area contributed by atoms with E-state index in [1.807, 2.05) is 0 Å². The van der Waals surface area contributed by atoms with E-state index in [0.29, 0.717) is 6.04 Å². The van der Waals surface area contributed by atoms with Gasteiger partial charge < -0.3 is 10.6 Å². The quantitative estimate of drug-likeness (QED) is 0.857. The van der Waals surface area contributed by atoms with Gasteiger partial charge in [0.15, 0.2) is 0 Å². The molecule has 1 saturated heterocycles. The average molecular weight is 246 g/mol. The Balaban J connectivity index is 1.86. The van der Waals surface area contributed by atoms with Crippen molar-refractivity contribution in [1.29, 1.82) is 0 Å². The van der Waals surface area contributed by atoms with E-state index in [0.717, 1.165) is 13.1 Å². The molecule has 0 unspecified atom stereocenters. The maximum atomic E-state index is 3.63. The molecule has 1 aromatic rings. The second-order valence-corrected chi connectivity index (χ2v) is 6.37. The van der Waals surface area contributed by atoms with Gasteiger partial charge in [0.05, 0.1) is 0 Å². The lowest BCUT2D eigenvalue weighted by Gasteiger charge is -2.24. The van der Waals surface area contributed by atoms with E-state index in [2.05, 4.69) is 55.7 Å². The summed E-state index contributed by atoms with van der Waals surface area (Å²) in [5, 5.41) is 7.07. The van der Waals surface area contributed by atoms with Crippen molar-refractivity contribution in [3.05, 3.63) is 35.4 Å². The Morgan fingerprint density at radius 2 is 1.94 bits per heavy atom. The predicted molar refractivity (Wildman–Crippen MR) is 77.9 cm³/mol. The van der Waals surface area contributed by atoms with Gasteiger partial charge >= 0.3 is 0 Å². The van der Waals surface area contributed by atoms with E-state index in [4.69, 9.17) is 0 Å². The van der Waals surface area contributed by atoms with Gasteiger partial charge in [0.25, 0.3) is 0 Å². The van der Waals surface area contributed by atoms with Crippen molar-refractivity contribution in [1.82, 2.24) is 10.6 Å². The van der Waals surface area contributed by atoms with Gasteiger partial charge in [-0.05, 0) is 35.9 Å². The standard InChI is InChI=1S/C16H26N2/c1-16(2,3)14-8-6-13(7-9-14)11-18-15-5-4-10-17-12-15/h6-9,15,17-18H,4-5,10-12H2,1-3H3/t15-/m1/s1. The molecular formula is C16H26N2. The summed E-state index contributed by atoms with van der Waals surface area (Å²) in [6.07, 6.45) is 2.59. The molecule has 0 radical (unpaired) electrons. The van der Waals surface area contributed by atoms with Crippen molar-refractivity contribution in [2.24, 2.45) is 0 Å². The molecule has 1 aromatic carbocycles. The first-order chi connectivity index (χ1) is 8.55. The van der Waals surface area contributed by atoms with E-state index >= 15 is 0 Å². The van der Waals surface area contributed by atoms with Gasteiger partial charge in [-0.2, -0.15) is 0 Å². The Kier molecular flexibility index (Phi) is 4.41. The van der Waals surface area contributed by atoms with Gasteiger partial charge in [0.1, 0.15) is 0 Å². The van der Waals surface area contributed by atoms with E-state index in [1.165, 1.54) is 30.5 Å². The molecule has 2 rings (SSSR count). The molecule has 1 atom stereocenters. The van der Waals surface area contributed by atoms with Gasteiger partial charge in [0.2, 0.25) is 0 Å². The topological polar surface area (TPSA) is 24.1 Å². The monoisotopic (exact) mass is 246 g/mol. The summed E-state index contributed by atoms with van der Waals surface area (Å²) in [4.78, 5) is 0. The fraction of sp³-hybridized carbons (Fsp3) is 0.625. The minimum absolute atomic E-state index is 0.249. The number of rotatable bonds is 3. The van der Waals surface area contributed by atoms with Crippen LogP contribution in [0.25, 0.3) is 0 Å². The Hall–Kier alpha value is -0.860. The SMILES string of the molecule is CC(C)(C)c1ccc(CN[C@@H]2CCCNC2)cc1. The summed E-state index contributed by atoms with van der Waals surface area (Å²) < 4.78 is 0. The molecule has 1 aliphatic rings. The van der Waals surface area contributed by atoms with Crippen LogP contribution in [0.4, 0.5) is 0 Å². The summed E-state index contributed by atoms with van der Waals surface area (Å²) in [5.41, 5.74) is 3.04. The van der Waals surface area contributed by atoms with Crippen LogP contribution in [-0.4, -0.2) is 19.1 Å². The lowest BCUT2D eigenvalue weighted by atomic mass is 9.87. The van der Waals surface area contributed by atoms with Gasteiger partial charge in [-0.15, -0.1) is 0 Å². The molecular weight excluding hydrogens is 220 g/mol. The van der Waals surface area contributed by atoms with Crippen LogP contribution in [0.2, 0.25) is 0 Å². The number of hydrogen-bond acceptors (Lipinski definition) is 2. The van der Waals surface area contributed by atoms with Crippen LogP contribution < -0.4 is 10.6 Å². The molecule has 0 aromatic heterocycles. The minimum atomic E-state index is 0.249. The normalized spacial score (nSPS) is 20.9. The number of benzene rings is 1. The molecule has 2 heteroatoms. The minimum Gasteiger partial charge on any atom is -0.315 e. The first-order valence-electron chi connectivity index (χ1n) is 7.09. The number of piperidine rings is 1. The van der Waals surface area contributed by atoms with E-state index in [1.54, 1.807) is 0 Å². The van der Waals surface area contributed by atoms with Crippen LogP contribution in [0, 0.1) is 0 Å². The third-order valence-electron chi connectivity index (χ3n) is 3.71.